The lowest BCUT2D eigenvalue weighted by Crippen LogP contribution is -2.09. The highest BCUT2D eigenvalue weighted by molar-refractivity contribution is 5.89. The van der Waals surface area contributed by atoms with Crippen molar-refractivity contribution in [3.05, 3.63) is 217 Å². The third kappa shape index (κ3) is 7.29. The van der Waals surface area contributed by atoms with Crippen LogP contribution in [-0.2, 0) is 18.0 Å². The molecule has 0 aliphatic heterocycles. The van der Waals surface area contributed by atoms with Crippen LogP contribution in [0.2, 0.25) is 0 Å². The van der Waals surface area contributed by atoms with Gasteiger partial charge in [-0.2, -0.15) is 0 Å². The Labute approximate surface area is 328 Å². The molecule has 0 aliphatic carbocycles. The summed E-state index contributed by atoms with van der Waals surface area (Å²) in [5, 5.41) is 17.2. The molecule has 0 unspecified atom stereocenters. The monoisotopic (exact) mass is 723 g/mol. The van der Waals surface area contributed by atoms with Crippen molar-refractivity contribution in [2.24, 2.45) is 0 Å². The van der Waals surface area contributed by atoms with E-state index in [-0.39, 0.29) is 6.61 Å². The fraction of sp³-hybridized carbons (Fsp3) is 0.0566. The quantitative estimate of drug-likeness (QED) is 0.143. The van der Waals surface area contributed by atoms with Crippen LogP contribution < -0.4 is 4.90 Å². The van der Waals surface area contributed by atoms with Crippen LogP contribution in [0.25, 0.3) is 60.6 Å². The third-order valence-corrected chi connectivity index (χ3v) is 10.6. The Balaban J connectivity index is 1.00. The topological polar surface area (TPSA) is 32.7 Å². The van der Waals surface area contributed by atoms with E-state index in [0.29, 0.717) is 6.61 Å². The maximum absolute atomic E-state index is 10.0. The van der Waals surface area contributed by atoms with Gasteiger partial charge in [0, 0.05) is 17.1 Å². The van der Waals surface area contributed by atoms with Gasteiger partial charge in [-0.3, -0.25) is 0 Å². The van der Waals surface area contributed by atoms with Gasteiger partial charge in [0.2, 0.25) is 0 Å². The van der Waals surface area contributed by atoms with Gasteiger partial charge < -0.3 is 14.7 Å². The molecule has 0 spiro atoms. The number of hydrogen-bond donors (Lipinski definition) is 1. The zero-order chi connectivity index (χ0) is 37.8. The van der Waals surface area contributed by atoms with E-state index in [2.05, 4.69) is 187 Å². The second-order valence-electron chi connectivity index (χ2n) is 14.3. The zero-order valence-corrected chi connectivity index (χ0v) is 31.3. The molecular weight excluding hydrogens is 683 g/mol. The number of rotatable bonds is 10. The molecule has 0 fully saturated rings. The first-order valence-corrected chi connectivity index (χ1v) is 19.1. The molecule has 0 atom stereocenters. The van der Waals surface area contributed by atoms with Crippen LogP contribution in [-0.4, -0.2) is 5.11 Å². The van der Waals surface area contributed by atoms with E-state index < -0.39 is 0 Å². The Kier molecular flexibility index (Phi) is 9.59. The summed E-state index contributed by atoms with van der Waals surface area (Å²) in [5.41, 5.74) is 10.9. The number of aliphatic hydroxyl groups is 1. The molecule has 9 aromatic rings. The normalized spacial score (nSPS) is 11.6. The maximum Gasteiger partial charge on any atom is 0.113 e. The van der Waals surface area contributed by atoms with Crippen LogP contribution >= 0.6 is 0 Å². The highest BCUT2D eigenvalue weighted by Gasteiger charge is 2.14. The van der Waals surface area contributed by atoms with Gasteiger partial charge in [0.15, 0.2) is 0 Å². The summed E-state index contributed by atoms with van der Waals surface area (Å²) in [7, 11) is 0. The minimum atomic E-state index is -0.0252. The molecule has 1 N–H and O–H groups in total. The van der Waals surface area contributed by atoms with Crippen molar-refractivity contribution in [2.45, 2.75) is 20.1 Å². The van der Waals surface area contributed by atoms with Crippen molar-refractivity contribution in [3.63, 3.8) is 0 Å². The smallest absolute Gasteiger partial charge is 0.113 e. The van der Waals surface area contributed by atoms with Gasteiger partial charge in [-0.1, -0.05) is 133 Å². The molecule has 3 heteroatoms. The van der Waals surface area contributed by atoms with Gasteiger partial charge in [0.25, 0.3) is 0 Å². The van der Waals surface area contributed by atoms with E-state index in [0.717, 1.165) is 50.3 Å². The van der Waals surface area contributed by atoms with Crippen LogP contribution in [0.5, 0.6) is 0 Å². The molecule has 0 aromatic heterocycles. The molecule has 56 heavy (non-hydrogen) atoms. The molecule has 0 heterocycles. The molecule has 0 bridgehead atoms. The molecule has 0 saturated heterocycles. The molecule has 9 aromatic carbocycles. The number of ether oxygens (including phenoxy) is 1. The second-order valence-corrected chi connectivity index (χ2v) is 14.3. The van der Waals surface area contributed by atoms with Gasteiger partial charge >= 0.3 is 0 Å². The Morgan fingerprint density at radius 2 is 0.839 bits per heavy atom. The Morgan fingerprint density at radius 3 is 1.30 bits per heavy atom. The predicted molar refractivity (Wildman–Crippen MR) is 235 cm³/mol. The molecule has 0 saturated carbocycles. The van der Waals surface area contributed by atoms with Crippen molar-refractivity contribution >= 4 is 55.5 Å². The zero-order valence-electron chi connectivity index (χ0n) is 31.3. The van der Waals surface area contributed by atoms with E-state index in [1.807, 2.05) is 25.1 Å². The summed E-state index contributed by atoms with van der Waals surface area (Å²) in [6.07, 6.45) is 2.06. The van der Waals surface area contributed by atoms with Crippen molar-refractivity contribution in [1.29, 1.82) is 0 Å². The summed E-state index contributed by atoms with van der Waals surface area (Å²) in [4.78, 5) is 2.31. The average molecular weight is 724 g/mol. The summed E-state index contributed by atoms with van der Waals surface area (Å²) in [6, 6.07) is 69.0. The summed E-state index contributed by atoms with van der Waals surface area (Å²) in [6.45, 7) is 2.34. The van der Waals surface area contributed by atoms with E-state index in [4.69, 9.17) is 4.74 Å². The molecule has 9 rings (SSSR count). The minimum Gasteiger partial charge on any atom is -0.494 e. The van der Waals surface area contributed by atoms with E-state index >= 15 is 0 Å². The van der Waals surface area contributed by atoms with Crippen LogP contribution in [0.3, 0.4) is 0 Å². The van der Waals surface area contributed by atoms with E-state index in [1.54, 1.807) is 0 Å². The van der Waals surface area contributed by atoms with Crippen LogP contribution in [0.1, 0.15) is 23.6 Å². The first-order valence-electron chi connectivity index (χ1n) is 19.1. The highest BCUT2D eigenvalue weighted by Crippen LogP contribution is 2.38. The molecule has 270 valence electrons. The highest BCUT2D eigenvalue weighted by atomic mass is 16.5. The molecule has 0 amide bonds. The lowest BCUT2D eigenvalue weighted by Gasteiger charge is -2.26. The number of fused-ring (bicyclic) bond motifs is 3. The van der Waals surface area contributed by atoms with Crippen molar-refractivity contribution in [3.8, 4) is 22.3 Å². The van der Waals surface area contributed by atoms with Gasteiger partial charge in [0.05, 0.1) is 12.4 Å². The van der Waals surface area contributed by atoms with Gasteiger partial charge in [-0.05, 0) is 145 Å². The van der Waals surface area contributed by atoms with Gasteiger partial charge in [-0.25, -0.2) is 0 Å². The van der Waals surface area contributed by atoms with Crippen molar-refractivity contribution in [2.75, 3.05) is 4.90 Å². The lowest BCUT2D eigenvalue weighted by atomic mass is 10.00. The Bertz CT molecular complexity index is 2710. The number of allylic oxidation sites excluding steroid dienone is 1. The SMILES string of the molecule is CC(=Cc1ccc(N(c2ccc(-c3ccc4ccccc4c3)cc2)c2ccc(-c3ccc4ccccc4c3)cc2)cc1)OCc1cc2ccccc2cc1CO. The fourth-order valence-corrected chi connectivity index (χ4v) is 7.59. The van der Waals surface area contributed by atoms with Gasteiger partial charge in [-0.15, -0.1) is 0 Å². The molecular formula is C53H41NO2. The van der Waals surface area contributed by atoms with Crippen LogP contribution in [0.15, 0.2) is 200 Å². The molecule has 0 aliphatic rings. The fourth-order valence-electron chi connectivity index (χ4n) is 7.59. The van der Waals surface area contributed by atoms with E-state index in [1.165, 1.54) is 43.8 Å². The predicted octanol–water partition coefficient (Wildman–Crippen LogP) is 14.0. The van der Waals surface area contributed by atoms with Crippen molar-refractivity contribution < 1.29 is 9.84 Å². The largest absolute Gasteiger partial charge is 0.494 e. The minimum absolute atomic E-state index is 0.0252. The molecule has 3 nitrogen and oxygen atoms in total. The maximum atomic E-state index is 10.0. The van der Waals surface area contributed by atoms with Gasteiger partial charge in [0.1, 0.15) is 6.61 Å². The standard InChI is InChI=1S/C53H41NO2/c1-37(56-36-50-34-46-13-7-6-12-45(46)33-49(50)35-55)30-38-14-24-51(25-15-38)54(52-26-20-41(21-27-52)47-18-16-39-8-2-4-10-43(39)31-47)53-28-22-42(23-29-53)48-19-17-40-9-3-5-11-44(40)32-48/h2-34,55H,35-36H2,1H3. The molecule has 0 radical (unpaired) electrons. The van der Waals surface area contributed by atoms with Crippen LogP contribution in [0.4, 0.5) is 17.1 Å². The lowest BCUT2D eigenvalue weighted by molar-refractivity contribution is 0.199. The first-order chi connectivity index (χ1) is 27.6. The Hall–Kier alpha value is -6.94. The summed E-state index contributed by atoms with van der Waals surface area (Å²) < 4.78 is 6.22. The van der Waals surface area contributed by atoms with E-state index in [9.17, 15) is 5.11 Å². The summed E-state index contributed by atoms with van der Waals surface area (Å²) >= 11 is 0. The van der Waals surface area contributed by atoms with Crippen molar-refractivity contribution in [1.82, 2.24) is 0 Å². The Morgan fingerprint density at radius 1 is 0.446 bits per heavy atom. The first kappa shape index (κ1) is 34.8. The average Bonchev–Trinajstić information content (AvgIpc) is 3.26. The number of nitrogens with zero attached hydrogens (tertiary/aromatic N) is 1. The van der Waals surface area contributed by atoms with Crippen LogP contribution in [0, 0.1) is 0 Å². The second kappa shape index (κ2) is 15.4. The number of hydrogen-bond acceptors (Lipinski definition) is 3. The third-order valence-electron chi connectivity index (χ3n) is 10.6. The number of aliphatic hydroxyl groups excluding tert-OH is 1. The number of anilines is 3. The number of benzene rings is 9. The summed E-state index contributed by atoms with van der Waals surface area (Å²) in [5.74, 6) is 0.806.